The minimum Gasteiger partial charge on any atom is -0.381 e. The van der Waals surface area contributed by atoms with Crippen molar-refractivity contribution < 1.29 is 13.2 Å². The highest BCUT2D eigenvalue weighted by molar-refractivity contribution is 6.30. The summed E-state index contributed by atoms with van der Waals surface area (Å²) in [6.45, 7) is 1.67. The van der Waals surface area contributed by atoms with Crippen LogP contribution in [-0.2, 0) is 0 Å². The van der Waals surface area contributed by atoms with Gasteiger partial charge in [0.2, 0.25) is 11.8 Å². The molecular formula is C18H12ClF3N6. The monoisotopic (exact) mass is 404 g/mol. The lowest BCUT2D eigenvalue weighted by molar-refractivity contribution is 0.621. The fourth-order valence-electron chi connectivity index (χ4n) is 2.77. The Hall–Kier alpha value is -3.33. The van der Waals surface area contributed by atoms with Crippen LogP contribution in [-0.4, -0.2) is 19.5 Å². The topological polar surface area (TPSA) is 81.7 Å². The number of aryl methyl sites for hydroxylation is 1. The van der Waals surface area contributed by atoms with Gasteiger partial charge in [0.1, 0.15) is 17.5 Å². The Kier molecular flexibility index (Phi) is 4.31. The SMILES string of the molecule is Cc1nc2cc(F)ccc2n1-c1nc(N)c(F)c(Nc2ccc(Cl)c(F)c2)n1. The number of hydrogen-bond donors (Lipinski definition) is 2. The van der Waals surface area contributed by atoms with Gasteiger partial charge in [-0.25, -0.2) is 13.8 Å². The molecule has 2 aromatic heterocycles. The molecule has 2 aromatic carbocycles. The lowest BCUT2D eigenvalue weighted by Gasteiger charge is -2.12. The third kappa shape index (κ3) is 3.09. The quantitative estimate of drug-likeness (QED) is 0.524. The smallest absolute Gasteiger partial charge is 0.239 e. The standard InChI is InChI=1S/C18H12ClF3N6/c1-8-24-13-6-9(20)2-5-14(13)28(8)18-26-16(23)15(22)17(27-18)25-10-3-4-11(19)12(21)7-10/h2-7H,1H3,(H3,23,25,26,27). The van der Waals surface area contributed by atoms with E-state index in [1.54, 1.807) is 6.92 Å². The van der Waals surface area contributed by atoms with E-state index < -0.39 is 23.3 Å². The highest BCUT2D eigenvalue weighted by Crippen LogP contribution is 2.27. The molecule has 142 valence electrons. The van der Waals surface area contributed by atoms with E-state index in [-0.39, 0.29) is 22.5 Å². The van der Waals surface area contributed by atoms with Gasteiger partial charge in [-0.05, 0) is 37.3 Å². The molecule has 0 bridgehead atoms. The zero-order valence-corrected chi connectivity index (χ0v) is 15.1. The normalized spacial score (nSPS) is 11.2. The molecule has 2 heterocycles. The number of rotatable bonds is 3. The number of anilines is 3. The number of nitrogen functional groups attached to an aromatic ring is 1. The van der Waals surface area contributed by atoms with Gasteiger partial charge in [0, 0.05) is 11.8 Å². The van der Waals surface area contributed by atoms with Gasteiger partial charge in [-0.2, -0.15) is 14.4 Å². The molecule has 4 rings (SSSR count). The minimum atomic E-state index is -0.896. The van der Waals surface area contributed by atoms with Crippen LogP contribution in [0.15, 0.2) is 36.4 Å². The number of nitrogens with zero attached hydrogens (tertiary/aromatic N) is 4. The van der Waals surface area contributed by atoms with E-state index >= 15 is 0 Å². The van der Waals surface area contributed by atoms with Gasteiger partial charge in [0.05, 0.1) is 16.1 Å². The van der Waals surface area contributed by atoms with Crippen molar-refractivity contribution in [2.24, 2.45) is 0 Å². The number of nitrogens with one attached hydrogen (secondary N) is 1. The Morgan fingerprint density at radius 2 is 1.82 bits per heavy atom. The number of hydrogen-bond acceptors (Lipinski definition) is 5. The zero-order valence-electron chi connectivity index (χ0n) is 14.3. The molecule has 0 aliphatic heterocycles. The van der Waals surface area contributed by atoms with Crippen LogP contribution in [0.4, 0.5) is 30.5 Å². The van der Waals surface area contributed by atoms with Crippen LogP contribution in [0.5, 0.6) is 0 Å². The molecule has 0 radical (unpaired) electrons. The van der Waals surface area contributed by atoms with Crippen molar-refractivity contribution in [1.82, 2.24) is 19.5 Å². The summed E-state index contributed by atoms with van der Waals surface area (Å²) in [5, 5.41) is 2.59. The number of aromatic nitrogens is 4. The summed E-state index contributed by atoms with van der Waals surface area (Å²) in [7, 11) is 0. The molecule has 0 aliphatic rings. The molecule has 0 spiro atoms. The molecule has 0 fully saturated rings. The third-order valence-corrected chi connectivity index (χ3v) is 4.34. The van der Waals surface area contributed by atoms with Crippen molar-refractivity contribution in [2.75, 3.05) is 11.1 Å². The Balaban J connectivity index is 1.84. The number of imidazole rings is 1. The maximum absolute atomic E-state index is 14.4. The van der Waals surface area contributed by atoms with Gasteiger partial charge in [0.15, 0.2) is 11.6 Å². The first-order valence-corrected chi connectivity index (χ1v) is 8.41. The molecule has 0 amide bonds. The van der Waals surface area contributed by atoms with Crippen LogP contribution in [0.25, 0.3) is 17.0 Å². The van der Waals surface area contributed by atoms with Crippen LogP contribution in [0.3, 0.4) is 0 Å². The molecule has 0 unspecified atom stereocenters. The molecule has 0 aliphatic carbocycles. The molecular weight excluding hydrogens is 393 g/mol. The predicted molar refractivity (Wildman–Crippen MR) is 100 cm³/mol. The third-order valence-electron chi connectivity index (χ3n) is 4.03. The van der Waals surface area contributed by atoms with Crippen molar-refractivity contribution in [1.29, 1.82) is 0 Å². The van der Waals surface area contributed by atoms with Crippen molar-refractivity contribution in [3.05, 3.63) is 64.7 Å². The molecule has 10 heteroatoms. The summed E-state index contributed by atoms with van der Waals surface area (Å²) in [6.07, 6.45) is 0. The van der Waals surface area contributed by atoms with Crippen molar-refractivity contribution >= 4 is 40.0 Å². The van der Waals surface area contributed by atoms with E-state index in [0.717, 1.165) is 6.07 Å². The lowest BCUT2D eigenvalue weighted by atomic mass is 10.3. The highest BCUT2D eigenvalue weighted by atomic mass is 35.5. The van der Waals surface area contributed by atoms with Crippen LogP contribution in [0, 0.1) is 24.4 Å². The Bertz CT molecular complexity index is 1220. The molecule has 0 saturated carbocycles. The molecule has 0 atom stereocenters. The van der Waals surface area contributed by atoms with Crippen LogP contribution in [0.2, 0.25) is 5.02 Å². The zero-order chi connectivity index (χ0) is 20.0. The summed E-state index contributed by atoms with van der Waals surface area (Å²) < 4.78 is 43.1. The van der Waals surface area contributed by atoms with E-state index in [1.807, 2.05) is 0 Å². The second kappa shape index (κ2) is 6.68. The van der Waals surface area contributed by atoms with Gasteiger partial charge >= 0.3 is 0 Å². The lowest BCUT2D eigenvalue weighted by Crippen LogP contribution is -2.10. The maximum Gasteiger partial charge on any atom is 0.239 e. The first-order valence-electron chi connectivity index (χ1n) is 8.03. The number of nitrogens with two attached hydrogens (primary N) is 1. The van der Waals surface area contributed by atoms with E-state index in [1.165, 1.54) is 34.9 Å². The number of fused-ring (bicyclic) bond motifs is 1. The molecule has 28 heavy (non-hydrogen) atoms. The van der Waals surface area contributed by atoms with E-state index in [2.05, 4.69) is 20.3 Å². The molecule has 3 N–H and O–H groups in total. The predicted octanol–water partition coefficient (Wildman–Crippen LogP) is 4.52. The van der Waals surface area contributed by atoms with E-state index in [4.69, 9.17) is 17.3 Å². The first-order chi connectivity index (χ1) is 13.3. The van der Waals surface area contributed by atoms with E-state index in [9.17, 15) is 13.2 Å². The Labute approximate surface area is 161 Å². The molecule has 0 saturated heterocycles. The fourth-order valence-corrected chi connectivity index (χ4v) is 2.89. The van der Waals surface area contributed by atoms with Crippen molar-refractivity contribution in [2.45, 2.75) is 6.92 Å². The average molecular weight is 405 g/mol. The number of benzene rings is 2. The van der Waals surface area contributed by atoms with E-state index in [0.29, 0.717) is 16.9 Å². The van der Waals surface area contributed by atoms with Gasteiger partial charge in [0.25, 0.3) is 0 Å². The summed E-state index contributed by atoms with van der Waals surface area (Å²) >= 11 is 5.66. The minimum absolute atomic E-state index is 0.0300. The average Bonchev–Trinajstić information content (AvgIpc) is 2.96. The Morgan fingerprint density at radius 3 is 2.57 bits per heavy atom. The maximum atomic E-state index is 14.4. The van der Waals surface area contributed by atoms with Gasteiger partial charge < -0.3 is 11.1 Å². The summed E-state index contributed by atoms with van der Waals surface area (Å²) in [4.78, 5) is 12.4. The second-order valence-corrected chi connectivity index (χ2v) is 6.36. The van der Waals surface area contributed by atoms with Gasteiger partial charge in [-0.3, -0.25) is 4.57 Å². The summed E-state index contributed by atoms with van der Waals surface area (Å²) in [5.74, 6) is -2.20. The molecule has 6 nitrogen and oxygen atoms in total. The fraction of sp³-hybridized carbons (Fsp3) is 0.0556. The van der Waals surface area contributed by atoms with Crippen LogP contribution >= 0.6 is 11.6 Å². The van der Waals surface area contributed by atoms with Crippen LogP contribution in [0.1, 0.15) is 5.82 Å². The van der Waals surface area contributed by atoms with Crippen molar-refractivity contribution in [3.8, 4) is 5.95 Å². The second-order valence-electron chi connectivity index (χ2n) is 5.95. The molecule has 4 aromatic rings. The van der Waals surface area contributed by atoms with Crippen LogP contribution < -0.4 is 11.1 Å². The highest BCUT2D eigenvalue weighted by Gasteiger charge is 2.18. The summed E-state index contributed by atoms with van der Waals surface area (Å²) in [6, 6.07) is 7.92. The summed E-state index contributed by atoms with van der Waals surface area (Å²) in [5.41, 5.74) is 6.83. The number of halogens is 4. The van der Waals surface area contributed by atoms with Gasteiger partial charge in [-0.1, -0.05) is 11.6 Å². The first kappa shape index (κ1) is 18.1. The van der Waals surface area contributed by atoms with Gasteiger partial charge in [-0.15, -0.1) is 0 Å². The van der Waals surface area contributed by atoms with Crippen molar-refractivity contribution in [3.63, 3.8) is 0 Å². The Morgan fingerprint density at radius 1 is 1.04 bits per heavy atom. The largest absolute Gasteiger partial charge is 0.381 e.